The van der Waals surface area contributed by atoms with Crippen molar-refractivity contribution in [3.05, 3.63) is 75.6 Å². The molecule has 2 aromatic heterocycles. The van der Waals surface area contributed by atoms with E-state index in [9.17, 15) is 22.8 Å². The van der Waals surface area contributed by atoms with Gasteiger partial charge < -0.3 is 5.32 Å². The van der Waals surface area contributed by atoms with E-state index in [2.05, 4.69) is 10.3 Å². The van der Waals surface area contributed by atoms with Crippen LogP contribution in [0.2, 0.25) is 0 Å². The molecule has 0 aliphatic rings. The summed E-state index contributed by atoms with van der Waals surface area (Å²) in [6, 6.07) is 6.69. The molecule has 0 atom stereocenters. The van der Waals surface area contributed by atoms with E-state index in [1.807, 2.05) is 19.9 Å². The van der Waals surface area contributed by atoms with Gasteiger partial charge in [0.25, 0.3) is 5.56 Å². The van der Waals surface area contributed by atoms with Gasteiger partial charge in [0.15, 0.2) is 17.5 Å². The monoisotopic (exact) mass is 418 g/mol. The number of rotatable bonds is 7. The minimum absolute atomic E-state index is 0.138. The molecule has 0 spiro atoms. The number of benzene rings is 1. The van der Waals surface area contributed by atoms with Crippen molar-refractivity contribution >= 4 is 17.2 Å². The molecule has 0 saturated heterocycles. The third-order valence-corrected chi connectivity index (χ3v) is 4.46. The lowest BCUT2D eigenvalue weighted by atomic mass is 10.2. The van der Waals surface area contributed by atoms with Gasteiger partial charge in [-0.25, -0.2) is 18.2 Å². The maximum absolute atomic E-state index is 13.8. The van der Waals surface area contributed by atoms with Crippen molar-refractivity contribution in [2.24, 2.45) is 0 Å². The lowest BCUT2D eigenvalue weighted by molar-refractivity contribution is -0.117. The van der Waals surface area contributed by atoms with E-state index < -0.39 is 29.0 Å². The normalized spacial score (nSPS) is 11.3. The molecule has 0 aliphatic heterocycles. The minimum Gasteiger partial charge on any atom is -0.322 e. The number of aryl methyl sites for hydroxylation is 1. The Bertz CT molecular complexity index is 1150. The van der Waals surface area contributed by atoms with Gasteiger partial charge in [0.05, 0.1) is 17.9 Å². The number of pyridine rings is 1. The molecule has 6 nitrogen and oxygen atoms in total. The third-order valence-electron chi connectivity index (χ3n) is 4.46. The van der Waals surface area contributed by atoms with Crippen LogP contribution in [-0.2, 0) is 11.3 Å². The Morgan fingerprint density at radius 2 is 1.93 bits per heavy atom. The largest absolute Gasteiger partial charge is 0.322 e. The van der Waals surface area contributed by atoms with Gasteiger partial charge in [0.1, 0.15) is 5.65 Å². The molecular weight excluding hydrogens is 397 g/mol. The maximum atomic E-state index is 13.8. The quantitative estimate of drug-likeness (QED) is 0.598. The van der Waals surface area contributed by atoms with Gasteiger partial charge in [0.2, 0.25) is 5.91 Å². The summed E-state index contributed by atoms with van der Waals surface area (Å²) < 4.78 is 41.6. The second-order valence-corrected chi connectivity index (χ2v) is 7.00. The molecule has 0 fully saturated rings. The van der Waals surface area contributed by atoms with Crippen LogP contribution in [0.3, 0.4) is 0 Å². The van der Waals surface area contributed by atoms with Crippen LogP contribution in [0, 0.1) is 24.4 Å². The molecule has 0 unspecified atom stereocenters. The van der Waals surface area contributed by atoms with Gasteiger partial charge in [-0.2, -0.15) is 0 Å². The minimum atomic E-state index is -1.64. The number of aromatic nitrogens is 2. The van der Waals surface area contributed by atoms with E-state index in [0.717, 1.165) is 24.1 Å². The SMILES string of the molecule is CCCN(CC(=O)Nc1ccc(F)c(F)c1F)Cc1cc(=O)n2cc(C)ccc2n1. The Labute approximate surface area is 171 Å². The molecule has 3 rings (SSSR count). The fourth-order valence-electron chi connectivity index (χ4n) is 3.11. The summed E-state index contributed by atoms with van der Waals surface area (Å²) in [5.41, 5.74) is 1.24. The Balaban J connectivity index is 1.75. The highest BCUT2D eigenvalue weighted by molar-refractivity contribution is 5.92. The molecule has 158 valence electrons. The molecule has 0 aliphatic carbocycles. The zero-order chi connectivity index (χ0) is 21.8. The first kappa shape index (κ1) is 21.5. The number of carbonyl (C=O) groups excluding carboxylic acids is 1. The highest BCUT2D eigenvalue weighted by atomic mass is 19.2. The summed E-state index contributed by atoms with van der Waals surface area (Å²) in [5.74, 6) is -5.03. The third kappa shape index (κ3) is 4.85. The topological polar surface area (TPSA) is 66.7 Å². The standard InChI is InChI=1S/C21H21F3N4O2/c1-3-8-27(12-18(29)26-16-6-5-15(22)20(23)21(16)24)11-14-9-19(30)28-10-13(2)4-7-17(28)25-14/h4-7,9-10H,3,8,11-12H2,1-2H3,(H,26,29). The van der Waals surface area contributed by atoms with Crippen LogP contribution in [0.5, 0.6) is 0 Å². The number of carbonyl (C=O) groups is 1. The van der Waals surface area contributed by atoms with E-state index in [0.29, 0.717) is 17.9 Å². The number of hydrogen-bond acceptors (Lipinski definition) is 4. The number of halogens is 3. The van der Waals surface area contributed by atoms with E-state index in [4.69, 9.17) is 0 Å². The maximum Gasteiger partial charge on any atom is 0.258 e. The van der Waals surface area contributed by atoms with Crippen molar-refractivity contribution in [2.75, 3.05) is 18.4 Å². The van der Waals surface area contributed by atoms with Crippen LogP contribution in [0.25, 0.3) is 5.65 Å². The highest BCUT2D eigenvalue weighted by Gasteiger charge is 2.17. The van der Waals surface area contributed by atoms with Crippen molar-refractivity contribution in [3.63, 3.8) is 0 Å². The zero-order valence-electron chi connectivity index (χ0n) is 16.6. The van der Waals surface area contributed by atoms with Crippen molar-refractivity contribution in [1.82, 2.24) is 14.3 Å². The van der Waals surface area contributed by atoms with Gasteiger partial charge in [-0.1, -0.05) is 13.0 Å². The first-order chi connectivity index (χ1) is 14.3. The summed E-state index contributed by atoms with van der Waals surface area (Å²) in [6.45, 7) is 4.40. The number of nitrogens with one attached hydrogen (secondary N) is 1. The Morgan fingerprint density at radius 3 is 2.67 bits per heavy atom. The highest BCUT2D eigenvalue weighted by Crippen LogP contribution is 2.19. The molecule has 1 aromatic carbocycles. The second kappa shape index (κ2) is 9.08. The number of amides is 1. The first-order valence-electron chi connectivity index (χ1n) is 9.43. The molecule has 2 heterocycles. The van der Waals surface area contributed by atoms with Crippen LogP contribution in [-0.4, -0.2) is 33.3 Å². The fourth-order valence-corrected chi connectivity index (χ4v) is 3.11. The number of fused-ring (bicyclic) bond motifs is 1. The average molecular weight is 418 g/mol. The smallest absolute Gasteiger partial charge is 0.258 e. The van der Waals surface area contributed by atoms with Crippen LogP contribution < -0.4 is 10.9 Å². The number of nitrogens with zero attached hydrogens (tertiary/aromatic N) is 3. The van der Waals surface area contributed by atoms with Gasteiger partial charge >= 0.3 is 0 Å². The Hall–Kier alpha value is -3.20. The number of anilines is 1. The summed E-state index contributed by atoms with van der Waals surface area (Å²) in [6.07, 6.45) is 2.42. The Kier molecular flexibility index (Phi) is 6.51. The molecule has 0 saturated carbocycles. The van der Waals surface area contributed by atoms with Crippen molar-refractivity contribution in [3.8, 4) is 0 Å². The molecule has 1 amide bonds. The zero-order valence-corrected chi connectivity index (χ0v) is 16.6. The predicted molar refractivity (Wildman–Crippen MR) is 107 cm³/mol. The van der Waals surface area contributed by atoms with Gasteiger partial charge in [-0.15, -0.1) is 0 Å². The molecule has 1 N–H and O–H groups in total. The van der Waals surface area contributed by atoms with Gasteiger partial charge in [-0.3, -0.25) is 18.9 Å². The number of hydrogen-bond donors (Lipinski definition) is 1. The average Bonchev–Trinajstić information content (AvgIpc) is 2.69. The molecule has 9 heteroatoms. The fraction of sp³-hybridized carbons (Fsp3) is 0.286. The van der Waals surface area contributed by atoms with E-state index in [1.54, 1.807) is 17.2 Å². The van der Waals surface area contributed by atoms with Crippen LogP contribution in [0.4, 0.5) is 18.9 Å². The van der Waals surface area contributed by atoms with Gasteiger partial charge in [-0.05, 0) is 43.7 Å². The summed E-state index contributed by atoms with van der Waals surface area (Å²) >= 11 is 0. The molecule has 0 bridgehead atoms. The Morgan fingerprint density at radius 1 is 1.17 bits per heavy atom. The summed E-state index contributed by atoms with van der Waals surface area (Å²) in [4.78, 5) is 30.9. The van der Waals surface area contributed by atoms with E-state index in [-0.39, 0.29) is 18.6 Å². The second-order valence-electron chi connectivity index (χ2n) is 7.00. The van der Waals surface area contributed by atoms with Crippen LogP contribution >= 0.6 is 0 Å². The molecule has 30 heavy (non-hydrogen) atoms. The predicted octanol–water partition coefficient (Wildman–Crippen LogP) is 3.27. The van der Waals surface area contributed by atoms with Crippen molar-refractivity contribution in [1.29, 1.82) is 0 Å². The lowest BCUT2D eigenvalue weighted by Gasteiger charge is -2.21. The van der Waals surface area contributed by atoms with Crippen molar-refractivity contribution < 1.29 is 18.0 Å². The van der Waals surface area contributed by atoms with Crippen molar-refractivity contribution in [2.45, 2.75) is 26.8 Å². The van der Waals surface area contributed by atoms with E-state index >= 15 is 0 Å². The first-order valence-corrected chi connectivity index (χ1v) is 9.43. The lowest BCUT2D eigenvalue weighted by Crippen LogP contribution is -2.34. The molecule has 0 radical (unpaired) electrons. The van der Waals surface area contributed by atoms with Crippen LogP contribution in [0.15, 0.2) is 41.3 Å². The summed E-state index contributed by atoms with van der Waals surface area (Å²) in [7, 11) is 0. The van der Waals surface area contributed by atoms with Gasteiger partial charge in [0, 0.05) is 18.8 Å². The molecular formula is C21H21F3N4O2. The van der Waals surface area contributed by atoms with Crippen LogP contribution in [0.1, 0.15) is 24.6 Å². The summed E-state index contributed by atoms with van der Waals surface area (Å²) in [5, 5.41) is 2.25. The van der Waals surface area contributed by atoms with E-state index in [1.165, 1.54) is 10.5 Å². The molecule has 3 aromatic rings.